The Labute approximate surface area is 118 Å². The van der Waals surface area contributed by atoms with E-state index in [0.717, 1.165) is 43.0 Å². The van der Waals surface area contributed by atoms with Gasteiger partial charge >= 0.3 is 0 Å². The van der Waals surface area contributed by atoms with Crippen molar-refractivity contribution < 1.29 is 9.53 Å². The molecular weight excluding hydrogens is 252 g/mol. The molecule has 2 aliphatic heterocycles. The van der Waals surface area contributed by atoms with Gasteiger partial charge in [-0.15, -0.1) is 0 Å². The largest absolute Gasteiger partial charge is 0.496 e. The third kappa shape index (κ3) is 2.33. The van der Waals surface area contributed by atoms with Crippen molar-refractivity contribution in [2.45, 2.75) is 25.7 Å². The van der Waals surface area contributed by atoms with Crippen LogP contribution < -0.4 is 4.74 Å². The Bertz CT molecular complexity index is 590. The van der Waals surface area contributed by atoms with E-state index in [1.807, 2.05) is 35.2 Å². The van der Waals surface area contributed by atoms with E-state index >= 15 is 0 Å². The maximum atomic E-state index is 12.4. The summed E-state index contributed by atoms with van der Waals surface area (Å²) < 4.78 is 5.31. The molecule has 1 saturated heterocycles. The number of carbonyl (C=O) groups is 1. The first kappa shape index (κ1) is 12.9. The second-order valence-corrected chi connectivity index (χ2v) is 5.07. The average Bonchev–Trinajstić information content (AvgIpc) is 2.66. The van der Waals surface area contributed by atoms with Gasteiger partial charge in [0.15, 0.2) is 0 Å². The Morgan fingerprint density at radius 3 is 2.95 bits per heavy atom. The number of aliphatic imine (C=N–C) groups is 1. The second kappa shape index (κ2) is 5.49. The van der Waals surface area contributed by atoms with Gasteiger partial charge in [0.05, 0.1) is 7.11 Å². The highest BCUT2D eigenvalue weighted by atomic mass is 16.5. The quantitative estimate of drug-likeness (QED) is 0.775. The van der Waals surface area contributed by atoms with E-state index in [1.54, 1.807) is 7.11 Å². The Kier molecular flexibility index (Phi) is 3.54. The molecule has 4 nitrogen and oxygen atoms in total. The first-order chi connectivity index (χ1) is 9.79. The molecule has 1 aromatic rings. The Hall–Kier alpha value is -2.10. The van der Waals surface area contributed by atoms with Crippen LogP contribution in [0.4, 0.5) is 0 Å². The van der Waals surface area contributed by atoms with E-state index in [4.69, 9.17) is 4.74 Å². The number of amidine groups is 1. The van der Waals surface area contributed by atoms with Crippen LogP contribution in [0.5, 0.6) is 5.75 Å². The maximum absolute atomic E-state index is 12.4. The molecular formula is C16H18N2O2. The molecule has 1 amide bonds. The van der Waals surface area contributed by atoms with Gasteiger partial charge in [-0.3, -0.25) is 9.69 Å². The van der Waals surface area contributed by atoms with E-state index in [1.165, 1.54) is 6.42 Å². The standard InChI is InChI=1S/C16H18N2O2/c1-20-14-8-5-4-7-12(14)11-13-16(19)18-10-6-2-3-9-15(18)17-13/h4-5,7-8,11H,2-3,6,9-10H2,1H3/b13-11+. The highest BCUT2D eigenvalue weighted by molar-refractivity contribution is 6.14. The SMILES string of the molecule is COc1ccccc1/C=C1/N=C2CCCCCN2C1=O. The van der Waals surface area contributed by atoms with Gasteiger partial charge in [-0.05, 0) is 25.0 Å². The molecule has 0 unspecified atom stereocenters. The van der Waals surface area contributed by atoms with Gasteiger partial charge in [-0.1, -0.05) is 24.6 Å². The van der Waals surface area contributed by atoms with Crippen LogP contribution in [-0.4, -0.2) is 30.3 Å². The van der Waals surface area contributed by atoms with Crippen LogP contribution in [0.3, 0.4) is 0 Å². The Balaban J connectivity index is 1.94. The van der Waals surface area contributed by atoms with Gasteiger partial charge in [0.25, 0.3) is 5.91 Å². The number of methoxy groups -OCH3 is 1. The zero-order chi connectivity index (χ0) is 13.9. The molecule has 0 bridgehead atoms. The number of hydrogen-bond donors (Lipinski definition) is 0. The summed E-state index contributed by atoms with van der Waals surface area (Å²) in [7, 11) is 1.63. The van der Waals surface area contributed by atoms with Crippen LogP contribution in [-0.2, 0) is 4.79 Å². The first-order valence-corrected chi connectivity index (χ1v) is 7.04. The number of para-hydroxylation sites is 1. The van der Waals surface area contributed by atoms with Crippen LogP contribution in [0.15, 0.2) is 35.0 Å². The van der Waals surface area contributed by atoms with Crippen molar-refractivity contribution in [3.05, 3.63) is 35.5 Å². The fraction of sp³-hybridized carbons (Fsp3) is 0.375. The van der Waals surface area contributed by atoms with Gasteiger partial charge in [-0.25, -0.2) is 4.99 Å². The number of benzene rings is 1. The van der Waals surface area contributed by atoms with E-state index in [9.17, 15) is 4.79 Å². The van der Waals surface area contributed by atoms with E-state index < -0.39 is 0 Å². The molecule has 4 heteroatoms. The number of rotatable bonds is 2. The number of hydrogen-bond acceptors (Lipinski definition) is 3. The molecule has 104 valence electrons. The summed E-state index contributed by atoms with van der Waals surface area (Å²) in [6, 6.07) is 7.66. The molecule has 0 aromatic heterocycles. The van der Waals surface area contributed by atoms with Gasteiger partial charge in [0.2, 0.25) is 0 Å². The summed E-state index contributed by atoms with van der Waals surface area (Å²) in [4.78, 5) is 18.7. The lowest BCUT2D eigenvalue weighted by Gasteiger charge is -2.14. The predicted octanol–water partition coefficient (Wildman–Crippen LogP) is 2.85. The van der Waals surface area contributed by atoms with Crippen LogP contribution in [0.1, 0.15) is 31.2 Å². The highest BCUT2D eigenvalue weighted by Gasteiger charge is 2.30. The summed E-state index contributed by atoms with van der Waals surface area (Å²) in [6.07, 6.45) is 6.07. The summed E-state index contributed by atoms with van der Waals surface area (Å²) in [6.45, 7) is 0.793. The molecule has 0 radical (unpaired) electrons. The molecule has 0 aliphatic carbocycles. The van der Waals surface area contributed by atoms with Crippen molar-refractivity contribution in [3.8, 4) is 5.75 Å². The van der Waals surface area contributed by atoms with Crippen molar-refractivity contribution in [2.75, 3.05) is 13.7 Å². The Morgan fingerprint density at radius 2 is 2.10 bits per heavy atom. The molecule has 0 spiro atoms. The maximum Gasteiger partial charge on any atom is 0.277 e. The molecule has 3 rings (SSSR count). The third-order valence-corrected chi connectivity index (χ3v) is 3.74. The van der Waals surface area contributed by atoms with Crippen molar-refractivity contribution in [2.24, 2.45) is 4.99 Å². The number of carbonyl (C=O) groups excluding carboxylic acids is 1. The average molecular weight is 270 g/mol. The monoisotopic (exact) mass is 270 g/mol. The topological polar surface area (TPSA) is 41.9 Å². The normalized spacial score (nSPS) is 20.6. The van der Waals surface area contributed by atoms with Crippen LogP contribution in [0, 0.1) is 0 Å². The predicted molar refractivity (Wildman–Crippen MR) is 78.6 cm³/mol. The molecule has 0 N–H and O–H groups in total. The molecule has 1 fully saturated rings. The van der Waals surface area contributed by atoms with Crippen molar-refractivity contribution in [3.63, 3.8) is 0 Å². The van der Waals surface area contributed by atoms with E-state index in [-0.39, 0.29) is 5.91 Å². The smallest absolute Gasteiger partial charge is 0.277 e. The van der Waals surface area contributed by atoms with Crippen LogP contribution in [0.2, 0.25) is 0 Å². The number of amides is 1. The van der Waals surface area contributed by atoms with Crippen molar-refractivity contribution in [1.29, 1.82) is 0 Å². The minimum Gasteiger partial charge on any atom is -0.496 e. The number of ether oxygens (including phenoxy) is 1. The summed E-state index contributed by atoms with van der Waals surface area (Å²) in [5.41, 5.74) is 1.41. The minimum absolute atomic E-state index is 0.0211. The van der Waals surface area contributed by atoms with Gasteiger partial charge < -0.3 is 4.74 Å². The molecule has 2 heterocycles. The molecule has 2 aliphatic rings. The van der Waals surface area contributed by atoms with Gasteiger partial charge in [0.1, 0.15) is 17.3 Å². The molecule has 20 heavy (non-hydrogen) atoms. The van der Waals surface area contributed by atoms with Crippen molar-refractivity contribution >= 4 is 17.8 Å². The number of fused-ring (bicyclic) bond motifs is 1. The summed E-state index contributed by atoms with van der Waals surface area (Å²) in [5, 5.41) is 0. The fourth-order valence-corrected chi connectivity index (χ4v) is 2.68. The Morgan fingerprint density at radius 1 is 1.25 bits per heavy atom. The number of nitrogens with zero attached hydrogens (tertiary/aromatic N) is 2. The van der Waals surface area contributed by atoms with E-state index in [0.29, 0.717) is 5.70 Å². The highest BCUT2D eigenvalue weighted by Crippen LogP contribution is 2.26. The third-order valence-electron chi connectivity index (χ3n) is 3.74. The fourth-order valence-electron chi connectivity index (χ4n) is 2.68. The van der Waals surface area contributed by atoms with Crippen molar-refractivity contribution in [1.82, 2.24) is 4.90 Å². The zero-order valence-electron chi connectivity index (χ0n) is 11.6. The lowest BCUT2D eigenvalue weighted by molar-refractivity contribution is -0.122. The minimum atomic E-state index is 0.0211. The molecule has 0 atom stereocenters. The lowest BCUT2D eigenvalue weighted by atomic mass is 10.1. The van der Waals surface area contributed by atoms with Crippen LogP contribution in [0.25, 0.3) is 6.08 Å². The zero-order valence-corrected chi connectivity index (χ0v) is 11.6. The second-order valence-electron chi connectivity index (χ2n) is 5.07. The van der Waals surface area contributed by atoms with Gasteiger partial charge in [0, 0.05) is 18.5 Å². The summed E-state index contributed by atoms with van der Waals surface area (Å²) >= 11 is 0. The van der Waals surface area contributed by atoms with Gasteiger partial charge in [-0.2, -0.15) is 0 Å². The molecule has 0 saturated carbocycles. The lowest BCUT2D eigenvalue weighted by Crippen LogP contribution is -2.31. The van der Waals surface area contributed by atoms with E-state index in [2.05, 4.69) is 4.99 Å². The first-order valence-electron chi connectivity index (χ1n) is 7.04. The van der Waals surface area contributed by atoms with Crippen LogP contribution >= 0.6 is 0 Å². The molecule has 1 aromatic carbocycles. The summed E-state index contributed by atoms with van der Waals surface area (Å²) in [5.74, 6) is 1.71.